The van der Waals surface area contributed by atoms with Crippen LogP contribution >= 0.6 is 11.8 Å². The number of hydrogen-bond donors (Lipinski definition) is 1. The number of aromatic nitrogens is 1. The van der Waals surface area contributed by atoms with Gasteiger partial charge in [0.25, 0.3) is 5.91 Å². The summed E-state index contributed by atoms with van der Waals surface area (Å²) in [7, 11) is 0. The summed E-state index contributed by atoms with van der Waals surface area (Å²) >= 11 is 1.54. The van der Waals surface area contributed by atoms with E-state index >= 15 is 0 Å². The summed E-state index contributed by atoms with van der Waals surface area (Å²) in [5.74, 6) is 0.499. The molecule has 0 aliphatic carbocycles. The highest BCUT2D eigenvalue weighted by molar-refractivity contribution is 7.99. The van der Waals surface area contributed by atoms with E-state index in [0.717, 1.165) is 23.1 Å². The second-order valence-electron chi connectivity index (χ2n) is 7.76. The van der Waals surface area contributed by atoms with Gasteiger partial charge in [-0.1, -0.05) is 0 Å². The molecule has 8 nitrogen and oxygen atoms in total. The minimum absolute atomic E-state index is 0.119. The third-order valence-electron chi connectivity index (χ3n) is 5.94. The third-order valence-corrected chi connectivity index (χ3v) is 6.95. The Hall–Kier alpha value is -2.83. The van der Waals surface area contributed by atoms with E-state index in [4.69, 9.17) is 10.00 Å². The molecule has 4 rings (SSSR count). The largest absolute Gasteiger partial charge is 0.375 e. The summed E-state index contributed by atoms with van der Waals surface area (Å²) in [5.41, 5.74) is 2.21. The number of ether oxygens (including phenoxy) is 1. The van der Waals surface area contributed by atoms with Gasteiger partial charge in [0, 0.05) is 29.6 Å². The summed E-state index contributed by atoms with van der Waals surface area (Å²) in [6.07, 6.45) is 1.72. The maximum absolute atomic E-state index is 12.9. The summed E-state index contributed by atoms with van der Waals surface area (Å²) in [4.78, 5) is 33.5. The van der Waals surface area contributed by atoms with Crippen molar-refractivity contribution in [1.82, 2.24) is 15.2 Å². The van der Waals surface area contributed by atoms with Gasteiger partial charge in [0.05, 0.1) is 48.3 Å². The summed E-state index contributed by atoms with van der Waals surface area (Å²) in [5, 5.41) is 12.6. The standard InChI is InChI=1S/C22H25N5O3S/c1-14-15(2)30-8-7-26(14)16-3-4-20-19(9-16)18(5-6-24-20)22(29)25-11-21(28)27-13-31-12-17(27)10-23/h3-6,9,14-15,17H,7-8,11-13H2,1-2H3,(H,25,29)/t14-,15-,17+/m0/s1. The second kappa shape index (κ2) is 9.12. The van der Waals surface area contributed by atoms with Gasteiger partial charge in [-0.15, -0.1) is 11.8 Å². The van der Waals surface area contributed by atoms with Crippen LogP contribution in [0.25, 0.3) is 10.9 Å². The molecule has 0 bridgehead atoms. The number of benzene rings is 1. The number of morpholine rings is 1. The van der Waals surface area contributed by atoms with Crippen LogP contribution in [0.15, 0.2) is 30.5 Å². The van der Waals surface area contributed by atoms with Crippen LogP contribution in [-0.2, 0) is 9.53 Å². The first kappa shape index (κ1) is 21.4. The number of carbonyl (C=O) groups excluding carboxylic acids is 2. The van der Waals surface area contributed by atoms with E-state index in [2.05, 4.69) is 35.1 Å². The fourth-order valence-electron chi connectivity index (χ4n) is 3.96. The van der Waals surface area contributed by atoms with Crippen LogP contribution < -0.4 is 10.2 Å². The first-order valence-corrected chi connectivity index (χ1v) is 11.5. The summed E-state index contributed by atoms with van der Waals surface area (Å²) in [6, 6.07) is 9.49. The van der Waals surface area contributed by atoms with Crippen molar-refractivity contribution < 1.29 is 14.3 Å². The molecule has 1 aromatic heterocycles. The summed E-state index contributed by atoms with van der Waals surface area (Å²) in [6.45, 7) is 5.48. The van der Waals surface area contributed by atoms with Crippen LogP contribution in [0, 0.1) is 11.3 Å². The fourth-order valence-corrected chi connectivity index (χ4v) is 5.06. The van der Waals surface area contributed by atoms with Crippen molar-refractivity contribution in [2.24, 2.45) is 0 Å². The monoisotopic (exact) mass is 439 g/mol. The van der Waals surface area contributed by atoms with Gasteiger partial charge < -0.3 is 19.9 Å². The van der Waals surface area contributed by atoms with Crippen molar-refractivity contribution >= 4 is 40.2 Å². The van der Waals surface area contributed by atoms with E-state index in [1.54, 1.807) is 12.3 Å². The smallest absolute Gasteiger partial charge is 0.252 e. The highest BCUT2D eigenvalue weighted by Crippen LogP contribution is 2.28. The number of pyridine rings is 1. The molecule has 0 saturated carbocycles. The quantitative estimate of drug-likeness (QED) is 0.778. The van der Waals surface area contributed by atoms with E-state index in [0.29, 0.717) is 23.8 Å². The normalized spacial score (nSPS) is 23.6. The molecule has 2 aliphatic heterocycles. The highest BCUT2D eigenvalue weighted by atomic mass is 32.2. The van der Waals surface area contributed by atoms with Crippen LogP contribution in [0.5, 0.6) is 0 Å². The minimum Gasteiger partial charge on any atom is -0.375 e. The predicted molar refractivity (Wildman–Crippen MR) is 120 cm³/mol. The van der Waals surface area contributed by atoms with Crippen molar-refractivity contribution in [1.29, 1.82) is 5.26 Å². The number of rotatable bonds is 4. The first-order chi connectivity index (χ1) is 15.0. The van der Waals surface area contributed by atoms with Crippen molar-refractivity contribution in [3.8, 4) is 6.07 Å². The molecule has 1 N–H and O–H groups in total. The Balaban J connectivity index is 1.53. The average molecular weight is 440 g/mol. The topological polar surface area (TPSA) is 98.6 Å². The molecule has 2 aromatic rings. The zero-order chi connectivity index (χ0) is 22.0. The number of anilines is 1. The van der Waals surface area contributed by atoms with Crippen molar-refractivity contribution in [2.45, 2.75) is 32.0 Å². The lowest BCUT2D eigenvalue weighted by Gasteiger charge is -2.39. The Morgan fingerprint density at radius 3 is 3.00 bits per heavy atom. The Bertz CT molecular complexity index is 1040. The molecule has 1 aromatic carbocycles. The predicted octanol–water partition coefficient (Wildman–Crippen LogP) is 2.00. The molecule has 0 spiro atoms. The molecular weight excluding hydrogens is 414 g/mol. The maximum atomic E-state index is 12.9. The van der Waals surface area contributed by atoms with Gasteiger partial charge in [0.2, 0.25) is 5.91 Å². The molecule has 2 fully saturated rings. The average Bonchev–Trinajstić information content (AvgIpc) is 3.27. The second-order valence-corrected chi connectivity index (χ2v) is 8.76. The number of carbonyl (C=O) groups is 2. The van der Waals surface area contributed by atoms with Gasteiger partial charge in [-0.05, 0) is 38.1 Å². The number of fused-ring (bicyclic) bond motifs is 1. The lowest BCUT2D eigenvalue weighted by Crippen LogP contribution is -2.48. The van der Waals surface area contributed by atoms with Crippen LogP contribution in [-0.4, -0.2) is 71.2 Å². The molecule has 2 amide bonds. The van der Waals surface area contributed by atoms with Gasteiger partial charge in [-0.3, -0.25) is 14.6 Å². The number of amides is 2. The number of nitrogens with one attached hydrogen (secondary N) is 1. The molecule has 2 saturated heterocycles. The molecule has 31 heavy (non-hydrogen) atoms. The Morgan fingerprint density at radius 2 is 2.19 bits per heavy atom. The van der Waals surface area contributed by atoms with E-state index in [1.807, 2.05) is 18.2 Å². The Kier molecular flexibility index (Phi) is 6.30. The SMILES string of the molecule is C[C@@H]1OCCN(c2ccc3nccc(C(=O)NCC(=O)N4CSC[C@H]4C#N)c3c2)[C@H]1C. The van der Waals surface area contributed by atoms with Crippen molar-refractivity contribution in [3.63, 3.8) is 0 Å². The zero-order valence-electron chi connectivity index (χ0n) is 17.6. The Labute approximate surface area is 185 Å². The number of nitriles is 1. The van der Waals surface area contributed by atoms with Gasteiger partial charge in [-0.25, -0.2) is 0 Å². The molecule has 3 atom stereocenters. The molecule has 9 heteroatoms. The lowest BCUT2D eigenvalue weighted by atomic mass is 10.0. The van der Waals surface area contributed by atoms with Crippen molar-refractivity contribution in [3.05, 3.63) is 36.0 Å². The molecule has 3 heterocycles. The molecule has 0 radical (unpaired) electrons. The fraction of sp³-hybridized carbons (Fsp3) is 0.455. The van der Waals surface area contributed by atoms with E-state index in [-0.39, 0.29) is 30.5 Å². The molecule has 162 valence electrons. The van der Waals surface area contributed by atoms with E-state index < -0.39 is 6.04 Å². The minimum atomic E-state index is -0.434. The van der Waals surface area contributed by atoms with E-state index in [9.17, 15) is 9.59 Å². The van der Waals surface area contributed by atoms with Crippen LogP contribution in [0.3, 0.4) is 0 Å². The molecule has 2 aliphatic rings. The number of hydrogen-bond acceptors (Lipinski definition) is 7. The van der Waals surface area contributed by atoms with Gasteiger partial charge in [0.1, 0.15) is 6.04 Å². The zero-order valence-corrected chi connectivity index (χ0v) is 18.4. The van der Waals surface area contributed by atoms with Gasteiger partial charge in [0.15, 0.2) is 0 Å². The Morgan fingerprint density at radius 1 is 1.35 bits per heavy atom. The molecular formula is C22H25N5O3S. The number of thioether (sulfide) groups is 1. The van der Waals surface area contributed by atoms with Crippen LogP contribution in [0.2, 0.25) is 0 Å². The highest BCUT2D eigenvalue weighted by Gasteiger charge is 2.29. The van der Waals surface area contributed by atoms with E-state index in [1.165, 1.54) is 16.7 Å². The third kappa shape index (κ3) is 4.31. The van der Waals surface area contributed by atoms with Crippen molar-refractivity contribution in [2.75, 3.05) is 36.2 Å². The summed E-state index contributed by atoms with van der Waals surface area (Å²) < 4.78 is 5.73. The number of nitrogens with zero attached hydrogens (tertiary/aromatic N) is 4. The van der Waals surface area contributed by atoms with Gasteiger partial charge >= 0.3 is 0 Å². The van der Waals surface area contributed by atoms with Crippen LogP contribution in [0.1, 0.15) is 24.2 Å². The molecule has 0 unspecified atom stereocenters. The van der Waals surface area contributed by atoms with Gasteiger partial charge in [-0.2, -0.15) is 5.26 Å². The van der Waals surface area contributed by atoms with Crippen LogP contribution in [0.4, 0.5) is 5.69 Å². The maximum Gasteiger partial charge on any atom is 0.252 e. The lowest BCUT2D eigenvalue weighted by molar-refractivity contribution is -0.129. The first-order valence-electron chi connectivity index (χ1n) is 10.3.